The van der Waals surface area contributed by atoms with Crippen molar-refractivity contribution < 1.29 is 4.74 Å². The largest absolute Gasteiger partial charge is 0.369 e. The number of nitrogens with one attached hydrogen (secondary N) is 2. The summed E-state index contributed by atoms with van der Waals surface area (Å²) in [5, 5.41) is 10.0. The molecule has 2 rings (SSSR count). The van der Waals surface area contributed by atoms with Crippen molar-refractivity contribution in [3.63, 3.8) is 0 Å². The lowest BCUT2D eigenvalue weighted by atomic mass is 10.2. The van der Waals surface area contributed by atoms with Crippen LogP contribution in [-0.2, 0) is 4.74 Å². The number of aromatic amines is 1. The number of nitrogens with zero attached hydrogens (tertiary/aromatic N) is 1. The average Bonchev–Trinajstić information content (AvgIpc) is 2.58. The summed E-state index contributed by atoms with van der Waals surface area (Å²) in [6.07, 6.45) is 1.90. The van der Waals surface area contributed by atoms with Crippen LogP contribution in [0.1, 0.15) is 11.8 Å². The molecule has 0 bridgehead atoms. The maximum absolute atomic E-state index is 5.49. The van der Waals surface area contributed by atoms with Crippen molar-refractivity contribution in [3.05, 3.63) is 18.0 Å². The molecule has 0 aromatic carbocycles. The van der Waals surface area contributed by atoms with Crippen molar-refractivity contribution in [2.24, 2.45) is 0 Å². The van der Waals surface area contributed by atoms with E-state index in [4.69, 9.17) is 4.74 Å². The van der Waals surface area contributed by atoms with E-state index in [1.165, 1.54) is 0 Å². The zero-order chi connectivity index (χ0) is 7.52. The van der Waals surface area contributed by atoms with Crippen LogP contribution in [0, 0.1) is 0 Å². The number of aromatic nitrogens is 2. The molecular formula is C7H11N3O. The molecule has 1 fully saturated rings. The van der Waals surface area contributed by atoms with Crippen molar-refractivity contribution in [1.29, 1.82) is 0 Å². The molecule has 1 saturated heterocycles. The molecule has 4 nitrogen and oxygen atoms in total. The van der Waals surface area contributed by atoms with Gasteiger partial charge in [0.2, 0.25) is 0 Å². The summed E-state index contributed by atoms with van der Waals surface area (Å²) in [6, 6.07) is 1.94. The quantitative estimate of drug-likeness (QED) is 0.600. The third kappa shape index (κ3) is 1.41. The van der Waals surface area contributed by atoms with E-state index in [0.29, 0.717) is 0 Å². The van der Waals surface area contributed by atoms with Crippen LogP contribution in [0.3, 0.4) is 0 Å². The maximum atomic E-state index is 5.49. The van der Waals surface area contributed by atoms with Gasteiger partial charge in [-0.15, -0.1) is 0 Å². The molecule has 1 aliphatic heterocycles. The first kappa shape index (κ1) is 6.82. The van der Waals surface area contributed by atoms with Crippen LogP contribution in [0.25, 0.3) is 0 Å². The molecule has 1 atom stereocenters. The molecule has 0 saturated carbocycles. The van der Waals surface area contributed by atoms with Crippen LogP contribution in [0.5, 0.6) is 0 Å². The minimum Gasteiger partial charge on any atom is -0.369 e. The van der Waals surface area contributed by atoms with Gasteiger partial charge in [-0.1, -0.05) is 0 Å². The predicted octanol–water partition coefficient (Wildman–Crippen LogP) is 0.0706. The molecule has 0 spiro atoms. The van der Waals surface area contributed by atoms with Gasteiger partial charge in [0.05, 0.1) is 12.3 Å². The zero-order valence-electron chi connectivity index (χ0n) is 6.21. The van der Waals surface area contributed by atoms with Gasteiger partial charge in [0.1, 0.15) is 6.10 Å². The molecule has 0 radical (unpaired) electrons. The lowest BCUT2D eigenvalue weighted by Gasteiger charge is -2.22. The topological polar surface area (TPSA) is 49.9 Å². The standard InChI is InChI=1S/C7H11N3O/c1-2-9-10-6(1)7-5-8-3-4-11-7/h1-2,7-8H,3-5H2,(H,9,10)/t7-/m0/s1. The molecule has 0 unspecified atom stereocenters. The fourth-order valence-electron chi connectivity index (χ4n) is 1.21. The van der Waals surface area contributed by atoms with Crippen LogP contribution in [0.4, 0.5) is 0 Å². The summed E-state index contributed by atoms with van der Waals surface area (Å²) in [7, 11) is 0. The summed E-state index contributed by atoms with van der Waals surface area (Å²) in [5.41, 5.74) is 1.05. The van der Waals surface area contributed by atoms with Crippen molar-refractivity contribution >= 4 is 0 Å². The molecule has 0 amide bonds. The fourth-order valence-corrected chi connectivity index (χ4v) is 1.21. The summed E-state index contributed by atoms with van der Waals surface area (Å²) in [5.74, 6) is 0. The van der Waals surface area contributed by atoms with Crippen molar-refractivity contribution in [2.45, 2.75) is 6.10 Å². The Balaban J connectivity index is 2.04. The van der Waals surface area contributed by atoms with Crippen LogP contribution in [0.15, 0.2) is 12.3 Å². The Kier molecular flexibility index (Phi) is 1.87. The minimum atomic E-state index is 0.159. The summed E-state index contributed by atoms with van der Waals surface area (Å²) < 4.78 is 5.49. The Morgan fingerprint density at radius 3 is 3.27 bits per heavy atom. The van der Waals surface area contributed by atoms with Gasteiger partial charge in [0, 0.05) is 19.3 Å². The van der Waals surface area contributed by atoms with E-state index in [2.05, 4.69) is 15.5 Å². The highest BCUT2D eigenvalue weighted by Gasteiger charge is 2.15. The molecule has 60 valence electrons. The first-order valence-electron chi connectivity index (χ1n) is 3.78. The van der Waals surface area contributed by atoms with Crippen molar-refractivity contribution in [2.75, 3.05) is 19.7 Å². The first-order valence-corrected chi connectivity index (χ1v) is 3.78. The smallest absolute Gasteiger partial charge is 0.111 e. The Bertz CT molecular complexity index is 203. The van der Waals surface area contributed by atoms with Gasteiger partial charge in [0.25, 0.3) is 0 Å². The molecule has 2 heterocycles. The van der Waals surface area contributed by atoms with E-state index >= 15 is 0 Å². The Morgan fingerprint density at radius 1 is 1.64 bits per heavy atom. The van der Waals surface area contributed by atoms with Gasteiger partial charge in [-0.05, 0) is 6.07 Å². The number of morpholine rings is 1. The number of rotatable bonds is 1. The maximum Gasteiger partial charge on any atom is 0.111 e. The summed E-state index contributed by atoms with van der Waals surface area (Å²) >= 11 is 0. The van der Waals surface area contributed by atoms with E-state index in [0.717, 1.165) is 25.4 Å². The second kappa shape index (κ2) is 3.02. The highest BCUT2D eigenvalue weighted by Crippen LogP contribution is 2.14. The lowest BCUT2D eigenvalue weighted by Crippen LogP contribution is -2.33. The van der Waals surface area contributed by atoms with Gasteiger partial charge in [-0.25, -0.2) is 0 Å². The van der Waals surface area contributed by atoms with E-state index in [1.807, 2.05) is 6.07 Å². The van der Waals surface area contributed by atoms with E-state index in [9.17, 15) is 0 Å². The van der Waals surface area contributed by atoms with E-state index in [1.54, 1.807) is 6.20 Å². The number of hydrogen-bond donors (Lipinski definition) is 2. The van der Waals surface area contributed by atoms with Crippen molar-refractivity contribution in [3.8, 4) is 0 Å². The normalized spacial score (nSPS) is 25.3. The average molecular weight is 153 g/mol. The van der Waals surface area contributed by atoms with E-state index in [-0.39, 0.29) is 6.10 Å². The zero-order valence-corrected chi connectivity index (χ0v) is 6.21. The predicted molar refractivity (Wildman–Crippen MR) is 40.2 cm³/mol. The van der Waals surface area contributed by atoms with Gasteiger partial charge in [-0.3, -0.25) is 5.10 Å². The van der Waals surface area contributed by atoms with Crippen LogP contribution >= 0.6 is 0 Å². The SMILES string of the molecule is c1cc([C@@H]2CNCCO2)[nH]n1. The van der Waals surface area contributed by atoms with Gasteiger partial charge < -0.3 is 10.1 Å². The summed E-state index contributed by atoms with van der Waals surface area (Å²) in [6.45, 7) is 2.61. The van der Waals surface area contributed by atoms with Gasteiger partial charge >= 0.3 is 0 Å². The minimum absolute atomic E-state index is 0.159. The van der Waals surface area contributed by atoms with Crippen LogP contribution < -0.4 is 5.32 Å². The van der Waals surface area contributed by atoms with E-state index < -0.39 is 0 Å². The Hall–Kier alpha value is -0.870. The Morgan fingerprint density at radius 2 is 2.64 bits per heavy atom. The fraction of sp³-hybridized carbons (Fsp3) is 0.571. The molecule has 4 heteroatoms. The third-order valence-electron chi connectivity index (χ3n) is 1.80. The van der Waals surface area contributed by atoms with Crippen molar-refractivity contribution in [1.82, 2.24) is 15.5 Å². The molecule has 1 aliphatic rings. The third-order valence-corrected chi connectivity index (χ3v) is 1.80. The highest BCUT2D eigenvalue weighted by molar-refractivity contribution is 5.03. The van der Waals surface area contributed by atoms with Gasteiger partial charge in [-0.2, -0.15) is 5.10 Å². The Labute approximate surface area is 64.9 Å². The molecule has 1 aromatic heterocycles. The molecule has 11 heavy (non-hydrogen) atoms. The number of hydrogen-bond acceptors (Lipinski definition) is 3. The molecule has 0 aliphatic carbocycles. The molecule has 2 N–H and O–H groups in total. The highest BCUT2D eigenvalue weighted by atomic mass is 16.5. The summed E-state index contributed by atoms with van der Waals surface area (Å²) in [4.78, 5) is 0. The number of H-pyrrole nitrogens is 1. The molecule has 1 aromatic rings. The van der Waals surface area contributed by atoms with Gasteiger partial charge in [0.15, 0.2) is 0 Å². The lowest BCUT2D eigenvalue weighted by molar-refractivity contribution is 0.0250. The second-order valence-corrected chi connectivity index (χ2v) is 2.58. The monoisotopic (exact) mass is 153 g/mol. The number of ether oxygens (including phenoxy) is 1. The molecular weight excluding hydrogens is 142 g/mol. The second-order valence-electron chi connectivity index (χ2n) is 2.58. The van der Waals surface area contributed by atoms with Crippen LogP contribution in [0.2, 0.25) is 0 Å². The van der Waals surface area contributed by atoms with Crippen LogP contribution in [-0.4, -0.2) is 29.9 Å². The first-order chi connectivity index (χ1) is 5.47.